The van der Waals surface area contributed by atoms with Crippen molar-refractivity contribution in [2.24, 2.45) is 5.92 Å². The van der Waals surface area contributed by atoms with Gasteiger partial charge in [-0.3, -0.25) is 0 Å². The van der Waals surface area contributed by atoms with Gasteiger partial charge in [-0.05, 0) is 37.7 Å². The maximum Gasteiger partial charge on any atom is 0.0506 e. The van der Waals surface area contributed by atoms with Crippen LogP contribution in [0.2, 0.25) is 0 Å². The third-order valence-corrected chi connectivity index (χ3v) is 2.71. The molecule has 0 saturated heterocycles. The number of rotatable bonds is 5. The molecule has 1 aromatic carbocycles. The van der Waals surface area contributed by atoms with Crippen LogP contribution in [0.15, 0.2) is 24.3 Å². The Kier molecular flexibility index (Phi) is 3.20. The van der Waals surface area contributed by atoms with Crippen LogP contribution in [-0.4, -0.2) is 13.2 Å². The lowest BCUT2D eigenvalue weighted by molar-refractivity contribution is 0.127. The molecular weight excluding hydrogens is 172 g/mol. The lowest BCUT2D eigenvalue weighted by Crippen LogP contribution is -2.01. The Morgan fingerprint density at radius 2 is 1.93 bits per heavy atom. The number of hydrogen-bond acceptors (Lipinski definition) is 1. The van der Waals surface area contributed by atoms with Crippen LogP contribution < -0.4 is 0 Å². The first kappa shape index (κ1) is 9.72. The molecule has 0 N–H and O–H groups in total. The highest BCUT2D eigenvalue weighted by molar-refractivity contribution is 5.21. The van der Waals surface area contributed by atoms with E-state index >= 15 is 0 Å². The first-order valence-electron chi connectivity index (χ1n) is 5.48. The maximum absolute atomic E-state index is 5.59. The van der Waals surface area contributed by atoms with Crippen LogP contribution in [0.3, 0.4) is 0 Å². The summed E-state index contributed by atoms with van der Waals surface area (Å²) >= 11 is 0. The van der Waals surface area contributed by atoms with Gasteiger partial charge in [0.05, 0.1) is 6.61 Å². The highest BCUT2D eigenvalue weighted by Gasteiger charge is 2.20. The Morgan fingerprint density at radius 3 is 2.57 bits per heavy atom. The minimum atomic E-state index is 0.875. The van der Waals surface area contributed by atoms with Gasteiger partial charge in [0, 0.05) is 6.61 Å². The second-order valence-electron chi connectivity index (χ2n) is 4.25. The van der Waals surface area contributed by atoms with E-state index in [2.05, 4.69) is 31.2 Å². The second-order valence-corrected chi connectivity index (χ2v) is 4.25. The van der Waals surface area contributed by atoms with Crippen molar-refractivity contribution in [2.45, 2.75) is 26.2 Å². The Morgan fingerprint density at radius 1 is 1.21 bits per heavy atom. The minimum Gasteiger partial charge on any atom is -0.381 e. The molecule has 0 aromatic heterocycles. The lowest BCUT2D eigenvalue weighted by atomic mass is 10.1. The smallest absolute Gasteiger partial charge is 0.0506 e. The molecular formula is C13H18O. The quantitative estimate of drug-likeness (QED) is 0.649. The SMILES string of the molecule is Cc1ccc(CCOCC2CC2)cc1. The molecule has 2 rings (SSSR count). The summed E-state index contributed by atoms with van der Waals surface area (Å²) in [7, 11) is 0. The summed E-state index contributed by atoms with van der Waals surface area (Å²) in [6.45, 7) is 3.97. The molecule has 1 nitrogen and oxygen atoms in total. The average Bonchev–Trinajstić information content (AvgIpc) is 2.99. The van der Waals surface area contributed by atoms with E-state index in [1.807, 2.05) is 0 Å². The molecule has 0 aliphatic heterocycles. The number of aryl methyl sites for hydroxylation is 1. The van der Waals surface area contributed by atoms with Gasteiger partial charge in [-0.2, -0.15) is 0 Å². The van der Waals surface area contributed by atoms with E-state index in [-0.39, 0.29) is 0 Å². The van der Waals surface area contributed by atoms with Gasteiger partial charge in [0.2, 0.25) is 0 Å². The van der Waals surface area contributed by atoms with Gasteiger partial charge < -0.3 is 4.74 Å². The zero-order valence-electron chi connectivity index (χ0n) is 8.83. The van der Waals surface area contributed by atoms with Crippen molar-refractivity contribution in [3.8, 4) is 0 Å². The van der Waals surface area contributed by atoms with E-state index in [1.165, 1.54) is 24.0 Å². The molecule has 76 valence electrons. The molecule has 1 fully saturated rings. The summed E-state index contributed by atoms with van der Waals surface area (Å²) in [6, 6.07) is 8.71. The van der Waals surface area contributed by atoms with Crippen LogP contribution in [0.5, 0.6) is 0 Å². The number of ether oxygens (including phenoxy) is 1. The molecule has 1 heteroatoms. The fourth-order valence-electron chi connectivity index (χ4n) is 1.48. The summed E-state index contributed by atoms with van der Waals surface area (Å²) < 4.78 is 5.59. The van der Waals surface area contributed by atoms with Crippen molar-refractivity contribution in [3.05, 3.63) is 35.4 Å². The molecule has 1 aliphatic carbocycles. The van der Waals surface area contributed by atoms with E-state index in [0.717, 1.165) is 25.6 Å². The molecule has 0 radical (unpaired) electrons. The van der Waals surface area contributed by atoms with Gasteiger partial charge in [0.15, 0.2) is 0 Å². The van der Waals surface area contributed by atoms with Gasteiger partial charge in [0.25, 0.3) is 0 Å². The fraction of sp³-hybridized carbons (Fsp3) is 0.538. The van der Waals surface area contributed by atoms with Crippen molar-refractivity contribution in [1.29, 1.82) is 0 Å². The lowest BCUT2D eigenvalue weighted by Gasteiger charge is -2.03. The minimum absolute atomic E-state index is 0.875. The predicted molar refractivity (Wildman–Crippen MR) is 58.4 cm³/mol. The molecule has 0 amide bonds. The number of hydrogen-bond donors (Lipinski definition) is 0. The molecule has 0 bridgehead atoms. The van der Waals surface area contributed by atoms with E-state index in [0.29, 0.717) is 0 Å². The van der Waals surface area contributed by atoms with Crippen molar-refractivity contribution in [2.75, 3.05) is 13.2 Å². The van der Waals surface area contributed by atoms with Crippen LogP contribution in [-0.2, 0) is 11.2 Å². The third kappa shape index (κ3) is 3.15. The van der Waals surface area contributed by atoms with Gasteiger partial charge in [-0.15, -0.1) is 0 Å². The molecule has 0 spiro atoms. The molecule has 14 heavy (non-hydrogen) atoms. The molecule has 0 unspecified atom stereocenters. The van der Waals surface area contributed by atoms with Crippen LogP contribution in [0.4, 0.5) is 0 Å². The first-order chi connectivity index (χ1) is 6.84. The molecule has 0 heterocycles. The Labute approximate surface area is 86.1 Å². The first-order valence-corrected chi connectivity index (χ1v) is 5.48. The third-order valence-electron chi connectivity index (χ3n) is 2.71. The van der Waals surface area contributed by atoms with E-state index in [4.69, 9.17) is 4.74 Å². The largest absolute Gasteiger partial charge is 0.381 e. The summed E-state index contributed by atoms with van der Waals surface area (Å²) in [5, 5.41) is 0. The van der Waals surface area contributed by atoms with Crippen LogP contribution >= 0.6 is 0 Å². The highest BCUT2D eigenvalue weighted by Crippen LogP contribution is 2.28. The molecule has 1 aromatic rings. The van der Waals surface area contributed by atoms with Gasteiger partial charge in [-0.25, -0.2) is 0 Å². The monoisotopic (exact) mass is 190 g/mol. The zero-order chi connectivity index (χ0) is 9.80. The topological polar surface area (TPSA) is 9.23 Å². The summed E-state index contributed by atoms with van der Waals surface area (Å²) in [4.78, 5) is 0. The van der Waals surface area contributed by atoms with Crippen LogP contribution in [0.25, 0.3) is 0 Å². The van der Waals surface area contributed by atoms with Gasteiger partial charge in [0.1, 0.15) is 0 Å². The fourth-order valence-corrected chi connectivity index (χ4v) is 1.48. The van der Waals surface area contributed by atoms with Crippen LogP contribution in [0.1, 0.15) is 24.0 Å². The Hall–Kier alpha value is -0.820. The highest BCUT2D eigenvalue weighted by atomic mass is 16.5. The standard InChI is InChI=1S/C13H18O/c1-11-2-4-12(5-3-11)8-9-14-10-13-6-7-13/h2-5,13H,6-10H2,1H3. The Balaban J connectivity index is 1.66. The predicted octanol–water partition coefficient (Wildman–Crippen LogP) is 2.96. The maximum atomic E-state index is 5.59. The average molecular weight is 190 g/mol. The van der Waals surface area contributed by atoms with E-state index in [9.17, 15) is 0 Å². The molecule has 1 saturated carbocycles. The summed E-state index contributed by atoms with van der Waals surface area (Å²) in [5.41, 5.74) is 2.71. The van der Waals surface area contributed by atoms with Crippen LogP contribution in [0, 0.1) is 12.8 Å². The summed E-state index contributed by atoms with van der Waals surface area (Å²) in [6.07, 6.45) is 3.81. The second kappa shape index (κ2) is 4.61. The Bertz CT molecular complexity index is 272. The van der Waals surface area contributed by atoms with Crippen molar-refractivity contribution in [3.63, 3.8) is 0 Å². The van der Waals surface area contributed by atoms with E-state index in [1.54, 1.807) is 0 Å². The van der Waals surface area contributed by atoms with Gasteiger partial charge in [-0.1, -0.05) is 29.8 Å². The van der Waals surface area contributed by atoms with Gasteiger partial charge >= 0.3 is 0 Å². The molecule has 1 aliphatic rings. The number of benzene rings is 1. The van der Waals surface area contributed by atoms with Crippen molar-refractivity contribution < 1.29 is 4.74 Å². The van der Waals surface area contributed by atoms with E-state index < -0.39 is 0 Å². The zero-order valence-corrected chi connectivity index (χ0v) is 8.83. The van der Waals surface area contributed by atoms with Crippen molar-refractivity contribution in [1.82, 2.24) is 0 Å². The van der Waals surface area contributed by atoms with Crippen molar-refractivity contribution >= 4 is 0 Å². The summed E-state index contributed by atoms with van der Waals surface area (Å²) in [5.74, 6) is 0.882. The normalized spacial score (nSPS) is 15.8. The molecule has 0 atom stereocenters.